The Morgan fingerprint density at radius 1 is 1.27 bits per heavy atom. The third-order valence-corrected chi connectivity index (χ3v) is 6.62. The Hall–Kier alpha value is -3.83. The van der Waals surface area contributed by atoms with Crippen molar-refractivity contribution in [3.8, 4) is 17.7 Å². The van der Waals surface area contributed by atoms with E-state index in [-0.39, 0.29) is 0 Å². The quantitative estimate of drug-likeness (QED) is 0.559. The fourth-order valence-electron chi connectivity index (χ4n) is 4.13. The Kier molecular flexibility index (Phi) is 6.07. The Bertz CT molecular complexity index is 1320. The van der Waals surface area contributed by atoms with Gasteiger partial charge in [0.1, 0.15) is 12.4 Å². The van der Waals surface area contributed by atoms with Gasteiger partial charge in [-0.05, 0) is 50.6 Å². The van der Waals surface area contributed by atoms with Crippen LogP contribution in [0.15, 0.2) is 47.8 Å². The molecule has 0 saturated heterocycles. The molecule has 0 fully saturated rings. The van der Waals surface area contributed by atoms with E-state index in [1.807, 2.05) is 32.9 Å². The van der Waals surface area contributed by atoms with Crippen molar-refractivity contribution in [1.82, 2.24) is 4.98 Å². The molecule has 0 radical (unpaired) electrons. The molecule has 2 aromatic heterocycles. The van der Waals surface area contributed by atoms with Crippen molar-refractivity contribution in [2.24, 2.45) is 5.73 Å². The molecule has 3 N–H and O–H groups in total. The topological polar surface area (TPSA) is 110 Å². The molecule has 1 aliphatic heterocycles. The van der Waals surface area contributed by atoms with Crippen LogP contribution in [0.3, 0.4) is 0 Å². The molecule has 1 aliphatic rings. The van der Waals surface area contributed by atoms with Crippen LogP contribution in [0, 0.1) is 25.2 Å². The summed E-state index contributed by atoms with van der Waals surface area (Å²) in [5.74, 6) is -0.228. The molecule has 0 saturated carbocycles. The number of aryl methyl sites for hydroxylation is 2. The van der Waals surface area contributed by atoms with E-state index in [0.29, 0.717) is 46.2 Å². The van der Waals surface area contributed by atoms with Gasteiger partial charge in [0.05, 0.1) is 35.9 Å². The van der Waals surface area contributed by atoms with Crippen LogP contribution in [0.4, 0.5) is 5.69 Å². The Morgan fingerprint density at radius 3 is 2.70 bits per heavy atom. The zero-order valence-electron chi connectivity index (χ0n) is 18.9. The van der Waals surface area contributed by atoms with Crippen molar-refractivity contribution >= 4 is 22.9 Å². The number of anilines is 1. The predicted octanol–water partition coefficient (Wildman–Crippen LogP) is 4.54. The normalized spacial score (nSPS) is 14.8. The van der Waals surface area contributed by atoms with E-state index >= 15 is 0 Å². The van der Waals surface area contributed by atoms with Crippen molar-refractivity contribution in [3.05, 3.63) is 79.8 Å². The fraction of sp³-hybridized carbons (Fsp3) is 0.240. The maximum absolute atomic E-state index is 12.6. The average molecular weight is 461 g/mol. The number of nitrogens with one attached hydrogen (secondary N) is 1. The molecule has 4 rings (SSSR count). The lowest BCUT2D eigenvalue weighted by Crippen LogP contribution is -2.28. The van der Waals surface area contributed by atoms with Crippen LogP contribution >= 0.6 is 11.3 Å². The third kappa shape index (κ3) is 4.15. The number of pyridine rings is 1. The summed E-state index contributed by atoms with van der Waals surface area (Å²) in [5.41, 5.74) is 10.5. The van der Waals surface area contributed by atoms with E-state index in [1.54, 1.807) is 35.7 Å². The number of carbonyl (C=O) groups is 1. The molecule has 0 spiro atoms. The highest BCUT2D eigenvalue weighted by atomic mass is 32.1. The first-order chi connectivity index (χ1) is 15.8. The number of benzene rings is 1. The number of fused-ring (bicyclic) bond motifs is 1. The summed E-state index contributed by atoms with van der Waals surface area (Å²) in [6.07, 6.45) is 1.75. The molecule has 3 aromatic rings. The van der Waals surface area contributed by atoms with Crippen LogP contribution in [-0.2, 0) is 11.4 Å². The van der Waals surface area contributed by atoms with Gasteiger partial charge in [-0.2, -0.15) is 5.26 Å². The van der Waals surface area contributed by atoms with E-state index in [2.05, 4.69) is 16.4 Å². The highest BCUT2D eigenvalue weighted by Gasteiger charge is 2.37. The first-order valence-electron chi connectivity index (χ1n) is 10.4. The van der Waals surface area contributed by atoms with Gasteiger partial charge in [0.15, 0.2) is 0 Å². The van der Waals surface area contributed by atoms with Gasteiger partial charge in [0.2, 0.25) is 11.8 Å². The van der Waals surface area contributed by atoms with Gasteiger partial charge in [-0.25, -0.2) is 4.98 Å². The Balaban J connectivity index is 1.91. The monoisotopic (exact) mass is 460 g/mol. The summed E-state index contributed by atoms with van der Waals surface area (Å²) < 4.78 is 11.8. The molecule has 1 aromatic carbocycles. The summed E-state index contributed by atoms with van der Waals surface area (Å²) >= 11 is 1.66. The zero-order chi connectivity index (χ0) is 23.7. The minimum Gasteiger partial charge on any atom is -0.496 e. The molecule has 33 heavy (non-hydrogen) atoms. The number of hydrogen-bond donors (Lipinski definition) is 2. The lowest BCUT2D eigenvalue weighted by molar-refractivity contribution is -0.114. The van der Waals surface area contributed by atoms with Crippen LogP contribution in [0.2, 0.25) is 0 Å². The summed E-state index contributed by atoms with van der Waals surface area (Å²) in [6, 6.07) is 11.3. The number of amides is 1. The van der Waals surface area contributed by atoms with Crippen LogP contribution in [-0.4, -0.2) is 18.0 Å². The van der Waals surface area contributed by atoms with Crippen LogP contribution in [0.25, 0.3) is 0 Å². The summed E-state index contributed by atoms with van der Waals surface area (Å²) in [6.45, 7) is 6.17. The van der Waals surface area contributed by atoms with Gasteiger partial charge in [-0.3, -0.25) is 4.79 Å². The molecule has 1 amide bonds. The Morgan fingerprint density at radius 2 is 2.06 bits per heavy atom. The first kappa shape index (κ1) is 22.4. The van der Waals surface area contributed by atoms with Crippen molar-refractivity contribution in [1.29, 1.82) is 5.26 Å². The molecule has 0 bridgehead atoms. The highest BCUT2D eigenvalue weighted by molar-refractivity contribution is 7.11. The number of rotatable bonds is 6. The van der Waals surface area contributed by atoms with Crippen LogP contribution in [0.1, 0.15) is 44.8 Å². The molecular formula is C25H24N4O3S. The number of ether oxygens (including phenoxy) is 2. The van der Waals surface area contributed by atoms with Gasteiger partial charge in [0.25, 0.3) is 0 Å². The van der Waals surface area contributed by atoms with E-state index in [9.17, 15) is 10.1 Å². The average Bonchev–Trinajstić information content (AvgIpc) is 3.22. The molecular weight excluding hydrogens is 436 g/mol. The minimum atomic E-state index is -0.575. The molecule has 3 heterocycles. The first-order valence-corrected chi connectivity index (χ1v) is 11.2. The maximum atomic E-state index is 12.6. The number of primary amides is 1. The molecule has 168 valence electrons. The van der Waals surface area contributed by atoms with Gasteiger partial charge in [-0.1, -0.05) is 6.07 Å². The number of allylic oxidation sites excluding steroid dienone is 1. The van der Waals surface area contributed by atoms with Gasteiger partial charge < -0.3 is 20.5 Å². The number of hydrogen-bond acceptors (Lipinski definition) is 7. The molecule has 7 nitrogen and oxygen atoms in total. The number of nitrogens with zero attached hydrogens (tertiary/aromatic N) is 2. The van der Waals surface area contributed by atoms with Crippen molar-refractivity contribution in [2.45, 2.75) is 33.3 Å². The largest absolute Gasteiger partial charge is 0.496 e. The van der Waals surface area contributed by atoms with Crippen LogP contribution < -0.4 is 20.5 Å². The fourth-order valence-corrected chi connectivity index (χ4v) is 4.94. The van der Waals surface area contributed by atoms with Crippen molar-refractivity contribution in [2.75, 3.05) is 12.4 Å². The zero-order valence-corrected chi connectivity index (χ0v) is 19.7. The highest BCUT2D eigenvalue weighted by Crippen LogP contribution is 2.49. The predicted molar refractivity (Wildman–Crippen MR) is 127 cm³/mol. The van der Waals surface area contributed by atoms with Crippen molar-refractivity contribution < 1.29 is 14.3 Å². The molecule has 0 aliphatic carbocycles. The standard InChI is InChI=1S/C25H24N4O3S/c1-13-11-28-25(32-12-17-7-5-14(2)33-17)22-21(20(24(27)30)15(3)29-23(13)22)18-8-6-16(10-26)9-19(18)31-4/h5-9,11,21,29H,12H2,1-4H3,(H2,27,30)/t21-/m1/s1. The molecule has 0 unspecified atom stereocenters. The second kappa shape index (κ2) is 8.96. The SMILES string of the molecule is COc1cc(C#N)ccc1[C@@H]1C(C(N)=O)=C(C)Nc2c(C)cnc(OCc3ccc(C)s3)c21. The molecule has 1 atom stereocenters. The third-order valence-electron chi connectivity index (χ3n) is 5.65. The van der Waals surface area contributed by atoms with E-state index in [1.165, 1.54) is 12.0 Å². The smallest absolute Gasteiger partial charge is 0.247 e. The number of aromatic nitrogens is 1. The van der Waals surface area contributed by atoms with Crippen molar-refractivity contribution in [3.63, 3.8) is 0 Å². The lowest BCUT2D eigenvalue weighted by Gasteiger charge is -2.32. The summed E-state index contributed by atoms with van der Waals surface area (Å²) in [5, 5.41) is 12.7. The number of methoxy groups -OCH3 is 1. The number of thiophene rings is 1. The number of nitrogens with two attached hydrogens (primary N) is 1. The lowest BCUT2D eigenvalue weighted by atomic mass is 9.79. The van der Waals surface area contributed by atoms with Gasteiger partial charge in [-0.15, -0.1) is 11.3 Å². The van der Waals surface area contributed by atoms with E-state index in [4.69, 9.17) is 15.2 Å². The van der Waals surface area contributed by atoms with Gasteiger partial charge in [0, 0.05) is 32.8 Å². The second-order valence-electron chi connectivity index (χ2n) is 7.87. The minimum absolute atomic E-state index is 0.354. The van der Waals surface area contributed by atoms with Gasteiger partial charge >= 0.3 is 0 Å². The number of nitriles is 1. The molecule has 8 heteroatoms. The summed E-state index contributed by atoms with van der Waals surface area (Å²) in [4.78, 5) is 19.5. The summed E-state index contributed by atoms with van der Waals surface area (Å²) in [7, 11) is 1.54. The maximum Gasteiger partial charge on any atom is 0.247 e. The van der Waals surface area contributed by atoms with Crippen LogP contribution in [0.5, 0.6) is 11.6 Å². The second-order valence-corrected chi connectivity index (χ2v) is 9.24. The van der Waals surface area contributed by atoms with E-state index in [0.717, 1.165) is 16.1 Å². The number of carbonyl (C=O) groups excluding carboxylic acids is 1. The van der Waals surface area contributed by atoms with E-state index < -0.39 is 11.8 Å². The Labute approximate surface area is 196 Å².